The normalized spacial score (nSPS) is 23.2. The van der Waals surface area contributed by atoms with E-state index in [-0.39, 0.29) is 30.0 Å². The molecule has 1 saturated heterocycles. The van der Waals surface area contributed by atoms with Crippen LogP contribution >= 0.6 is 0 Å². The van der Waals surface area contributed by atoms with Gasteiger partial charge in [0.1, 0.15) is 5.60 Å². The molecule has 2 atom stereocenters. The highest BCUT2D eigenvalue weighted by molar-refractivity contribution is 6.21. The van der Waals surface area contributed by atoms with E-state index in [4.69, 9.17) is 4.74 Å². The first kappa shape index (κ1) is 20.3. The van der Waals surface area contributed by atoms with Crippen molar-refractivity contribution in [3.8, 4) is 0 Å². The van der Waals surface area contributed by atoms with Crippen LogP contribution in [0.15, 0.2) is 24.3 Å². The van der Waals surface area contributed by atoms with Gasteiger partial charge in [0, 0.05) is 38.3 Å². The molecule has 0 bridgehead atoms. The molecule has 2 unspecified atom stereocenters. The molecule has 2 aliphatic rings. The van der Waals surface area contributed by atoms with Crippen molar-refractivity contribution < 1.29 is 19.1 Å². The first-order chi connectivity index (χ1) is 13.1. The molecule has 3 rings (SSSR count). The summed E-state index contributed by atoms with van der Waals surface area (Å²) >= 11 is 0. The van der Waals surface area contributed by atoms with Crippen LogP contribution in [0, 0.1) is 0 Å². The minimum Gasteiger partial charge on any atom is -0.444 e. The van der Waals surface area contributed by atoms with Crippen LogP contribution in [0.25, 0.3) is 0 Å². The molecule has 0 aliphatic carbocycles. The number of amides is 3. The van der Waals surface area contributed by atoms with Gasteiger partial charge in [-0.15, -0.1) is 0 Å². The second-order valence-electron chi connectivity index (χ2n) is 8.63. The fraction of sp³-hybridized carbons (Fsp3) is 0.571. The van der Waals surface area contributed by atoms with Crippen LogP contribution in [0.4, 0.5) is 4.79 Å². The van der Waals surface area contributed by atoms with Crippen molar-refractivity contribution in [3.63, 3.8) is 0 Å². The van der Waals surface area contributed by atoms with Crippen molar-refractivity contribution in [3.05, 3.63) is 35.4 Å². The Balaban J connectivity index is 1.60. The number of nitrogens with zero attached hydrogens (tertiary/aromatic N) is 3. The van der Waals surface area contributed by atoms with Gasteiger partial charge in [0.2, 0.25) is 0 Å². The number of hydrogen-bond donors (Lipinski definition) is 0. The molecular weight excluding hydrogens is 358 g/mol. The first-order valence-electron chi connectivity index (χ1n) is 9.77. The van der Waals surface area contributed by atoms with Crippen LogP contribution in [-0.4, -0.2) is 76.5 Å². The Bertz CT molecular complexity index is 739. The van der Waals surface area contributed by atoms with E-state index in [9.17, 15) is 14.4 Å². The molecule has 28 heavy (non-hydrogen) atoms. The molecule has 0 aromatic heterocycles. The highest BCUT2D eigenvalue weighted by Gasteiger charge is 2.37. The highest BCUT2D eigenvalue weighted by Crippen LogP contribution is 2.23. The average Bonchev–Trinajstić information content (AvgIpc) is 2.84. The van der Waals surface area contributed by atoms with Gasteiger partial charge < -0.3 is 9.64 Å². The summed E-state index contributed by atoms with van der Waals surface area (Å²) in [5.41, 5.74) is 0.429. The van der Waals surface area contributed by atoms with Crippen LogP contribution in [0.2, 0.25) is 0 Å². The minimum atomic E-state index is -0.522. The SMILES string of the molecule is CC1CN(C(=O)OC(C)(C)C)CC(C)N1CCN1C(=O)c2ccccc2C1=O. The minimum absolute atomic E-state index is 0.103. The van der Waals surface area contributed by atoms with Crippen molar-refractivity contribution in [2.45, 2.75) is 52.3 Å². The molecule has 3 amide bonds. The number of rotatable bonds is 3. The molecule has 0 saturated carbocycles. The molecule has 2 aliphatic heterocycles. The first-order valence-corrected chi connectivity index (χ1v) is 9.77. The summed E-state index contributed by atoms with van der Waals surface area (Å²) in [4.78, 5) is 42.7. The molecule has 2 heterocycles. The van der Waals surface area contributed by atoms with Gasteiger partial charge in [-0.25, -0.2) is 4.79 Å². The summed E-state index contributed by atoms with van der Waals surface area (Å²) in [5, 5.41) is 0. The van der Waals surface area contributed by atoms with Crippen molar-refractivity contribution in [2.75, 3.05) is 26.2 Å². The van der Waals surface area contributed by atoms with Gasteiger partial charge in [0.25, 0.3) is 11.8 Å². The van der Waals surface area contributed by atoms with Crippen LogP contribution in [0.1, 0.15) is 55.3 Å². The maximum absolute atomic E-state index is 12.5. The van der Waals surface area contributed by atoms with Gasteiger partial charge in [-0.1, -0.05) is 12.1 Å². The highest BCUT2D eigenvalue weighted by atomic mass is 16.6. The number of piperazine rings is 1. The fourth-order valence-electron chi connectivity index (χ4n) is 3.93. The molecule has 152 valence electrons. The van der Waals surface area contributed by atoms with Gasteiger partial charge in [-0.05, 0) is 46.8 Å². The predicted octanol–water partition coefficient (Wildman–Crippen LogP) is 2.61. The van der Waals surface area contributed by atoms with Gasteiger partial charge in [0.05, 0.1) is 11.1 Å². The number of fused-ring (bicyclic) bond motifs is 1. The Hall–Kier alpha value is -2.41. The molecule has 1 aromatic rings. The number of carbonyl (C=O) groups excluding carboxylic acids is 3. The van der Waals surface area contributed by atoms with Crippen molar-refractivity contribution in [1.82, 2.24) is 14.7 Å². The van der Waals surface area contributed by atoms with E-state index in [0.29, 0.717) is 37.3 Å². The summed E-state index contributed by atoms with van der Waals surface area (Å²) in [6, 6.07) is 7.14. The predicted molar refractivity (Wildman–Crippen MR) is 105 cm³/mol. The van der Waals surface area contributed by atoms with Crippen molar-refractivity contribution in [2.24, 2.45) is 0 Å². The number of hydrogen-bond acceptors (Lipinski definition) is 5. The fourth-order valence-corrected chi connectivity index (χ4v) is 3.93. The number of imide groups is 1. The van der Waals surface area contributed by atoms with Gasteiger partial charge in [-0.3, -0.25) is 19.4 Å². The van der Waals surface area contributed by atoms with Crippen LogP contribution in [0.3, 0.4) is 0 Å². The third kappa shape index (κ3) is 4.04. The second kappa shape index (κ2) is 7.54. The van der Waals surface area contributed by atoms with Crippen molar-refractivity contribution >= 4 is 17.9 Å². The number of benzene rings is 1. The average molecular weight is 387 g/mol. The lowest BCUT2D eigenvalue weighted by atomic mass is 10.1. The summed E-state index contributed by atoms with van der Waals surface area (Å²) < 4.78 is 5.49. The molecule has 1 aromatic carbocycles. The van der Waals surface area contributed by atoms with Crippen LogP contribution < -0.4 is 0 Å². The Morgan fingerprint density at radius 1 is 1.00 bits per heavy atom. The molecule has 7 nitrogen and oxygen atoms in total. The zero-order chi connectivity index (χ0) is 20.6. The Kier molecular flexibility index (Phi) is 5.48. The lowest BCUT2D eigenvalue weighted by Crippen LogP contribution is -2.59. The third-order valence-corrected chi connectivity index (χ3v) is 5.21. The molecule has 0 spiro atoms. The third-order valence-electron chi connectivity index (χ3n) is 5.21. The van der Waals surface area contributed by atoms with Crippen LogP contribution in [-0.2, 0) is 4.74 Å². The van der Waals surface area contributed by atoms with Gasteiger partial charge in [-0.2, -0.15) is 0 Å². The summed E-state index contributed by atoms with van der Waals surface area (Å²) in [6.45, 7) is 11.7. The monoisotopic (exact) mass is 387 g/mol. The van der Waals surface area contributed by atoms with Crippen molar-refractivity contribution in [1.29, 1.82) is 0 Å². The smallest absolute Gasteiger partial charge is 0.410 e. The Morgan fingerprint density at radius 2 is 1.50 bits per heavy atom. The zero-order valence-corrected chi connectivity index (χ0v) is 17.3. The Labute approximate surface area is 166 Å². The van der Waals surface area contributed by atoms with E-state index in [1.54, 1.807) is 29.2 Å². The van der Waals surface area contributed by atoms with E-state index in [1.807, 2.05) is 20.8 Å². The van der Waals surface area contributed by atoms with Gasteiger partial charge >= 0.3 is 6.09 Å². The number of ether oxygens (including phenoxy) is 1. The lowest BCUT2D eigenvalue weighted by Gasteiger charge is -2.44. The topological polar surface area (TPSA) is 70.2 Å². The summed E-state index contributed by atoms with van der Waals surface area (Å²) in [6.07, 6.45) is -0.300. The number of carbonyl (C=O) groups is 3. The molecule has 0 radical (unpaired) electrons. The van der Waals surface area contributed by atoms with Crippen LogP contribution in [0.5, 0.6) is 0 Å². The molecular formula is C21H29N3O4. The molecule has 1 fully saturated rings. The van der Waals surface area contributed by atoms with Gasteiger partial charge in [0.15, 0.2) is 0 Å². The standard InChI is InChI=1S/C21H29N3O4/c1-14-12-22(20(27)28-21(3,4)5)13-15(2)23(14)10-11-24-18(25)16-8-6-7-9-17(16)19(24)26/h6-9,14-15H,10-13H2,1-5H3. The van der Waals surface area contributed by atoms with E-state index < -0.39 is 5.60 Å². The molecule has 7 heteroatoms. The Morgan fingerprint density at radius 3 is 1.96 bits per heavy atom. The van der Waals surface area contributed by atoms with E-state index in [2.05, 4.69) is 18.7 Å². The molecule has 0 N–H and O–H groups in total. The van der Waals surface area contributed by atoms with E-state index in [0.717, 1.165) is 0 Å². The second-order valence-corrected chi connectivity index (χ2v) is 8.63. The maximum atomic E-state index is 12.5. The summed E-state index contributed by atoms with van der Waals surface area (Å²) in [5.74, 6) is -0.457. The zero-order valence-electron chi connectivity index (χ0n) is 17.3. The summed E-state index contributed by atoms with van der Waals surface area (Å²) in [7, 11) is 0. The largest absolute Gasteiger partial charge is 0.444 e. The van der Waals surface area contributed by atoms with E-state index in [1.165, 1.54) is 4.90 Å². The maximum Gasteiger partial charge on any atom is 0.410 e. The van der Waals surface area contributed by atoms with E-state index >= 15 is 0 Å². The lowest BCUT2D eigenvalue weighted by molar-refractivity contribution is -0.00854. The quantitative estimate of drug-likeness (QED) is 0.746.